The van der Waals surface area contributed by atoms with Crippen molar-refractivity contribution in [2.24, 2.45) is 5.41 Å². The molecule has 0 radical (unpaired) electrons. The van der Waals surface area contributed by atoms with Crippen LogP contribution in [-0.4, -0.2) is 11.0 Å². The zero-order valence-electron chi connectivity index (χ0n) is 9.96. The van der Waals surface area contributed by atoms with Gasteiger partial charge in [0.05, 0.1) is 5.69 Å². The number of pyridine rings is 1. The molecule has 1 heterocycles. The third kappa shape index (κ3) is 2.97. The number of aromatic nitrogens is 1. The normalized spacial score (nSPS) is 20.7. The Balaban J connectivity index is 1.95. The van der Waals surface area contributed by atoms with E-state index in [1.807, 2.05) is 6.07 Å². The summed E-state index contributed by atoms with van der Waals surface area (Å²) in [6.45, 7) is 4.73. The SMILES string of the molecule is CC1(C)CCC(Nc2cccnc2Br)CC1. The zero-order valence-corrected chi connectivity index (χ0v) is 11.5. The van der Waals surface area contributed by atoms with Gasteiger partial charge in [0, 0.05) is 12.2 Å². The molecular weight excluding hydrogens is 264 g/mol. The molecule has 0 atom stereocenters. The summed E-state index contributed by atoms with van der Waals surface area (Å²) in [5, 5.41) is 3.58. The minimum Gasteiger partial charge on any atom is -0.380 e. The summed E-state index contributed by atoms with van der Waals surface area (Å²) in [6, 6.07) is 4.66. The minimum atomic E-state index is 0.532. The van der Waals surface area contributed by atoms with Crippen LogP contribution in [0.5, 0.6) is 0 Å². The summed E-state index contributed by atoms with van der Waals surface area (Å²) < 4.78 is 0.917. The van der Waals surface area contributed by atoms with Gasteiger partial charge in [-0.05, 0) is 59.2 Å². The van der Waals surface area contributed by atoms with Crippen molar-refractivity contribution in [2.45, 2.75) is 45.6 Å². The lowest BCUT2D eigenvalue weighted by atomic mass is 9.75. The molecule has 1 fully saturated rings. The lowest BCUT2D eigenvalue weighted by Gasteiger charge is -2.35. The predicted molar refractivity (Wildman–Crippen MR) is 71.6 cm³/mol. The Labute approximate surface area is 106 Å². The van der Waals surface area contributed by atoms with Crippen molar-refractivity contribution in [3.63, 3.8) is 0 Å². The Kier molecular flexibility index (Phi) is 3.53. The van der Waals surface area contributed by atoms with Crippen LogP contribution in [0, 0.1) is 5.41 Å². The molecule has 1 saturated carbocycles. The van der Waals surface area contributed by atoms with Crippen LogP contribution in [0.25, 0.3) is 0 Å². The zero-order chi connectivity index (χ0) is 11.6. The van der Waals surface area contributed by atoms with E-state index in [1.165, 1.54) is 25.7 Å². The van der Waals surface area contributed by atoms with E-state index < -0.39 is 0 Å². The van der Waals surface area contributed by atoms with E-state index in [4.69, 9.17) is 0 Å². The fourth-order valence-electron chi connectivity index (χ4n) is 2.26. The van der Waals surface area contributed by atoms with Crippen molar-refractivity contribution in [2.75, 3.05) is 5.32 Å². The van der Waals surface area contributed by atoms with E-state index in [9.17, 15) is 0 Å². The van der Waals surface area contributed by atoms with E-state index >= 15 is 0 Å². The molecule has 0 unspecified atom stereocenters. The van der Waals surface area contributed by atoms with Crippen LogP contribution in [0.2, 0.25) is 0 Å². The summed E-state index contributed by atoms with van der Waals surface area (Å²) in [5.41, 5.74) is 1.65. The first-order valence-electron chi connectivity index (χ1n) is 5.94. The highest BCUT2D eigenvalue weighted by molar-refractivity contribution is 9.10. The first kappa shape index (κ1) is 11.9. The molecule has 2 nitrogen and oxygen atoms in total. The van der Waals surface area contributed by atoms with Crippen molar-refractivity contribution in [3.8, 4) is 0 Å². The molecule has 0 amide bonds. The number of nitrogens with one attached hydrogen (secondary N) is 1. The van der Waals surface area contributed by atoms with E-state index in [0.29, 0.717) is 11.5 Å². The quantitative estimate of drug-likeness (QED) is 0.822. The van der Waals surface area contributed by atoms with Crippen molar-refractivity contribution >= 4 is 21.6 Å². The summed E-state index contributed by atoms with van der Waals surface area (Å²) in [5.74, 6) is 0. The van der Waals surface area contributed by atoms with E-state index in [1.54, 1.807) is 6.20 Å². The van der Waals surface area contributed by atoms with Crippen molar-refractivity contribution in [3.05, 3.63) is 22.9 Å². The van der Waals surface area contributed by atoms with Crippen LogP contribution in [-0.2, 0) is 0 Å². The van der Waals surface area contributed by atoms with Crippen molar-refractivity contribution in [1.29, 1.82) is 0 Å². The van der Waals surface area contributed by atoms with Crippen LogP contribution in [0.3, 0.4) is 0 Å². The smallest absolute Gasteiger partial charge is 0.129 e. The molecular formula is C13H19BrN2. The molecule has 0 aliphatic heterocycles. The summed E-state index contributed by atoms with van der Waals surface area (Å²) in [7, 11) is 0. The number of hydrogen-bond acceptors (Lipinski definition) is 2. The van der Waals surface area contributed by atoms with Crippen LogP contribution in [0.4, 0.5) is 5.69 Å². The standard InChI is InChI=1S/C13H19BrN2/c1-13(2)7-5-10(6-8-13)16-11-4-3-9-15-12(11)14/h3-4,9-10,16H,5-8H2,1-2H3. The fraction of sp³-hybridized carbons (Fsp3) is 0.615. The molecule has 16 heavy (non-hydrogen) atoms. The Morgan fingerprint density at radius 2 is 2.06 bits per heavy atom. The van der Waals surface area contributed by atoms with E-state index in [2.05, 4.69) is 46.1 Å². The number of rotatable bonds is 2. The Bertz CT molecular complexity index is 353. The van der Waals surface area contributed by atoms with Gasteiger partial charge in [-0.2, -0.15) is 0 Å². The highest BCUT2D eigenvalue weighted by Gasteiger charge is 2.26. The lowest BCUT2D eigenvalue weighted by molar-refractivity contribution is 0.232. The topological polar surface area (TPSA) is 24.9 Å². The molecule has 3 heteroatoms. The molecule has 1 aromatic heterocycles. The molecule has 1 N–H and O–H groups in total. The Morgan fingerprint density at radius 1 is 1.38 bits per heavy atom. The van der Waals surface area contributed by atoms with Gasteiger partial charge in [0.15, 0.2) is 0 Å². The third-order valence-electron chi connectivity index (χ3n) is 3.46. The molecule has 0 spiro atoms. The maximum Gasteiger partial charge on any atom is 0.129 e. The molecule has 1 aliphatic rings. The van der Waals surface area contributed by atoms with Gasteiger partial charge in [-0.3, -0.25) is 0 Å². The van der Waals surface area contributed by atoms with Crippen LogP contribution < -0.4 is 5.32 Å². The monoisotopic (exact) mass is 282 g/mol. The average Bonchev–Trinajstić information content (AvgIpc) is 2.24. The maximum atomic E-state index is 4.23. The molecule has 0 aromatic carbocycles. The summed E-state index contributed by atoms with van der Waals surface area (Å²) in [6.07, 6.45) is 6.94. The predicted octanol–water partition coefficient (Wildman–Crippen LogP) is 4.22. The molecule has 1 aliphatic carbocycles. The van der Waals surface area contributed by atoms with Crippen LogP contribution in [0.15, 0.2) is 22.9 Å². The highest BCUT2D eigenvalue weighted by atomic mass is 79.9. The first-order chi connectivity index (χ1) is 7.57. The third-order valence-corrected chi connectivity index (χ3v) is 4.09. The Hall–Kier alpha value is -0.570. The lowest BCUT2D eigenvalue weighted by Crippen LogP contribution is -2.29. The number of hydrogen-bond donors (Lipinski definition) is 1. The van der Waals surface area contributed by atoms with Gasteiger partial charge in [-0.15, -0.1) is 0 Å². The van der Waals surface area contributed by atoms with Gasteiger partial charge in [-0.1, -0.05) is 13.8 Å². The summed E-state index contributed by atoms with van der Waals surface area (Å²) in [4.78, 5) is 4.23. The Morgan fingerprint density at radius 3 is 2.69 bits per heavy atom. The molecule has 88 valence electrons. The number of anilines is 1. The summed E-state index contributed by atoms with van der Waals surface area (Å²) >= 11 is 3.47. The van der Waals surface area contributed by atoms with Gasteiger partial charge < -0.3 is 5.32 Å². The van der Waals surface area contributed by atoms with Gasteiger partial charge in [0.2, 0.25) is 0 Å². The maximum absolute atomic E-state index is 4.23. The van der Waals surface area contributed by atoms with Crippen LogP contribution in [0.1, 0.15) is 39.5 Å². The second-order valence-corrected chi connectivity index (χ2v) is 6.18. The minimum absolute atomic E-state index is 0.532. The highest BCUT2D eigenvalue weighted by Crippen LogP contribution is 2.36. The first-order valence-corrected chi connectivity index (χ1v) is 6.73. The molecule has 1 aromatic rings. The number of halogens is 1. The molecule has 2 rings (SSSR count). The van der Waals surface area contributed by atoms with Gasteiger partial charge in [0.25, 0.3) is 0 Å². The van der Waals surface area contributed by atoms with Gasteiger partial charge in [-0.25, -0.2) is 4.98 Å². The number of nitrogens with zero attached hydrogens (tertiary/aromatic N) is 1. The van der Waals surface area contributed by atoms with Crippen LogP contribution >= 0.6 is 15.9 Å². The van der Waals surface area contributed by atoms with Gasteiger partial charge >= 0.3 is 0 Å². The largest absolute Gasteiger partial charge is 0.380 e. The second kappa shape index (κ2) is 4.74. The van der Waals surface area contributed by atoms with Crippen molar-refractivity contribution < 1.29 is 0 Å². The second-order valence-electron chi connectivity index (χ2n) is 5.42. The average molecular weight is 283 g/mol. The van der Waals surface area contributed by atoms with Gasteiger partial charge in [0.1, 0.15) is 4.60 Å². The molecule has 0 bridgehead atoms. The fourth-order valence-corrected chi connectivity index (χ4v) is 2.62. The molecule has 0 saturated heterocycles. The van der Waals surface area contributed by atoms with Crippen molar-refractivity contribution in [1.82, 2.24) is 4.98 Å². The van der Waals surface area contributed by atoms with E-state index in [-0.39, 0.29) is 0 Å². The van der Waals surface area contributed by atoms with E-state index in [0.717, 1.165) is 10.3 Å².